The number of methoxy groups -OCH3 is 1. The van der Waals surface area contributed by atoms with Crippen LogP contribution >= 0.6 is 0 Å². The van der Waals surface area contributed by atoms with Crippen LogP contribution < -0.4 is 11.1 Å². The van der Waals surface area contributed by atoms with Crippen molar-refractivity contribution in [2.24, 2.45) is 0 Å². The molecule has 0 unspecified atom stereocenters. The number of benzene rings is 1. The molecule has 0 fully saturated rings. The van der Waals surface area contributed by atoms with E-state index in [-0.39, 0.29) is 0 Å². The standard InChI is InChI=1S/C12H14N4O/c1-17-7-9-3-2-4-10(5-9)16-12-11(13)6-14-8-15-12/h2-6,8H,7,13H2,1H3,(H,14,15,16). The highest BCUT2D eigenvalue weighted by Crippen LogP contribution is 2.20. The molecule has 0 aliphatic rings. The van der Waals surface area contributed by atoms with Crippen LogP contribution in [-0.4, -0.2) is 17.1 Å². The third kappa shape index (κ3) is 2.92. The Balaban J connectivity index is 2.18. The summed E-state index contributed by atoms with van der Waals surface area (Å²) in [5.74, 6) is 0.606. The Morgan fingerprint density at radius 3 is 3.06 bits per heavy atom. The monoisotopic (exact) mass is 230 g/mol. The van der Waals surface area contributed by atoms with Gasteiger partial charge in [0.2, 0.25) is 0 Å². The number of nitrogens with zero attached hydrogens (tertiary/aromatic N) is 2. The lowest BCUT2D eigenvalue weighted by Crippen LogP contribution is -2.00. The number of aromatic nitrogens is 2. The maximum Gasteiger partial charge on any atom is 0.157 e. The summed E-state index contributed by atoms with van der Waals surface area (Å²) in [5, 5.41) is 3.14. The molecule has 0 saturated carbocycles. The minimum Gasteiger partial charge on any atom is -0.394 e. The normalized spacial score (nSPS) is 10.2. The average molecular weight is 230 g/mol. The minimum absolute atomic E-state index is 0.518. The first-order valence-electron chi connectivity index (χ1n) is 5.20. The van der Waals surface area contributed by atoms with Crippen molar-refractivity contribution >= 4 is 17.2 Å². The molecule has 3 N–H and O–H groups in total. The summed E-state index contributed by atoms with van der Waals surface area (Å²) in [6.45, 7) is 0.578. The molecule has 5 heteroatoms. The quantitative estimate of drug-likeness (QED) is 0.839. The molecule has 0 atom stereocenters. The molecule has 88 valence electrons. The molecule has 5 nitrogen and oxygen atoms in total. The van der Waals surface area contributed by atoms with Gasteiger partial charge in [0.1, 0.15) is 6.33 Å². The van der Waals surface area contributed by atoms with Gasteiger partial charge < -0.3 is 15.8 Å². The Kier molecular flexibility index (Phi) is 3.52. The topological polar surface area (TPSA) is 73.1 Å². The van der Waals surface area contributed by atoms with Crippen LogP contribution in [0.3, 0.4) is 0 Å². The number of anilines is 3. The first-order valence-corrected chi connectivity index (χ1v) is 5.20. The lowest BCUT2D eigenvalue weighted by atomic mass is 10.2. The first-order chi connectivity index (χ1) is 8.29. The smallest absolute Gasteiger partial charge is 0.157 e. The number of hydrogen-bond acceptors (Lipinski definition) is 5. The highest BCUT2D eigenvalue weighted by atomic mass is 16.5. The molecule has 1 heterocycles. The predicted octanol–water partition coefficient (Wildman–Crippen LogP) is 1.95. The van der Waals surface area contributed by atoms with E-state index >= 15 is 0 Å². The van der Waals surface area contributed by atoms with Crippen LogP contribution in [0.2, 0.25) is 0 Å². The first kappa shape index (κ1) is 11.3. The van der Waals surface area contributed by atoms with Crippen molar-refractivity contribution < 1.29 is 4.74 Å². The van der Waals surface area contributed by atoms with Gasteiger partial charge in [0.15, 0.2) is 5.82 Å². The molecular weight excluding hydrogens is 216 g/mol. The lowest BCUT2D eigenvalue weighted by Gasteiger charge is -2.08. The number of rotatable bonds is 4. The molecular formula is C12H14N4O. The molecule has 0 aliphatic carbocycles. The van der Waals surface area contributed by atoms with Crippen LogP contribution in [0.5, 0.6) is 0 Å². The number of nitrogens with two attached hydrogens (primary N) is 1. The molecule has 17 heavy (non-hydrogen) atoms. The van der Waals surface area contributed by atoms with Crippen molar-refractivity contribution in [1.82, 2.24) is 9.97 Å². The summed E-state index contributed by atoms with van der Waals surface area (Å²) in [5.41, 5.74) is 8.28. The summed E-state index contributed by atoms with van der Waals surface area (Å²) in [6, 6.07) is 7.89. The zero-order valence-corrected chi connectivity index (χ0v) is 9.55. The Hall–Kier alpha value is -2.14. The fourth-order valence-electron chi connectivity index (χ4n) is 1.49. The molecule has 0 aliphatic heterocycles. The van der Waals surface area contributed by atoms with Gasteiger partial charge in [-0.25, -0.2) is 9.97 Å². The maximum atomic E-state index is 5.75. The average Bonchev–Trinajstić information content (AvgIpc) is 2.33. The SMILES string of the molecule is COCc1cccc(Nc2ncncc2N)c1. The van der Waals surface area contributed by atoms with E-state index < -0.39 is 0 Å². The number of nitrogen functional groups attached to an aromatic ring is 1. The summed E-state index contributed by atoms with van der Waals surface area (Å²) in [4.78, 5) is 7.91. The van der Waals surface area contributed by atoms with Crippen LogP contribution in [-0.2, 0) is 11.3 Å². The molecule has 2 aromatic rings. The number of nitrogens with one attached hydrogen (secondary N) is 1. The van der Waals surface area contributed by atoms with E-state index in [1.165, 1.54) is 6.33 Å². The Bertz CT molecular complexity index is 501. The van der Waals surface area contributed by atoms with Crippen molar-refractivity contribution in [3.63, 3.8) is 0 Å². The molecule has 1 aromatic heterocycles. The maximum absolute atomic E-state index is 5.75. The highest BCUT2D eigenvalue weighted by molar-refractivity contribution is 5.67. The van der Waals surface area contributed by atoms with Crippen LogP contribution in [0.4, 0.5) is 17.2 Å². The van der Waals surface area contributed by atoms with E-state index in [9.17, 15) is 0 Å². The van der Waals surface area contributed by atoms with Gasteiger partial charge in [-0.15, -0.1) is 0 Å². The van der Waals surface area contributed by atoms with Crippen molar-refractivity contribution in [1.29, 1.82) is 0 Å². The van der Waals surface area contributed by atoms with Gasteiger partial charge in [-0.2, -0.15) is 0 Å². The Labute approximate surface area is 99.7 Å². The highest BCUT2D eigenvalue weighted by Gasteiger charge is 2.01. The van der Waals surface area contributed by atoms with Crippen molar-refractivity contribution in [3.05, 3.63) is 42.4 Å². The van der Waals surface area contributed by atoms with Gasteiger partial charge in [-0.05, 0) is 17.7 Å². The van der Waals surface area contributed by atoms with E-state index in [1.807, 2.05) is 24.3 Å². The van der Waals surface area contributed by atoms with E-state index in [0.717, 1.165) is 11.3 Å². The van der Waals surface area contributed by atoms with Crippen molar-refractivity contribution in [2.75, 3.05) is 18.2 Å². The minimum atomic E-state index is 0.518. The summed E-state index contributed by atoms with van der Waals surface area (Å²) < 4.78 is 5.08. The van der Waals surface area contributed by atoms with Crippen LogP contribution in [0, 0.1) is 0 Å². The summed E-state index contributed by atoms with van der Waals surface area (Å²) >= 11 is 0. The van der Waals surface area contributed by atoms with Crippen molar-refractivity contribution in [3.8, 4) is 0 Å². The molecule has 0 bridgehead atoms. The van der Waals surface area contributed by atoms with E-state index in [4.69, 9.17) is 10.5 Å². The molecule has 0 radical (unpaired) electrons. The third-order valence-electron chi connectivity index (χ3n) is 2.24. The second-order valence-corrected chi connectivity index (χ2v) is 3.59. The molecule has 2 rings (SSSR count). The Morgan fingerprint density at radius 1 is 1.41 bits per heavy atom. The predicted molar refractivity (Wildman–Crippen MR) is 66.9 cm³/mol. The van der Waals surface area contributed by atoms with E-state index in [2.05, 4.69) is 15.3 Å². The van der Waals surface area contributed by atoms with Gasteiger partial charge in [-0.1, -0.05) is 12.1 Å². The van der Waals surface area contributed by atoms with Crippen LogP contribution in [0.25, 0.3) is 0 Å². The van der Waals surface area contributed by atoms with Gasteiger partial charge in [-0.3, -0.25) is 0 Å². The lowest BCUT2D eigenvalue weighted by molar-refractivity contribution is 0.185. The van der Waals surface area contributed by atoms with Crippen molar-refractivity contribution in [2.45, 2.75) is 6.61 Å². The van der Waals surface area contributed by atoms with Gasteiger partial charge in [0.05, 0.1) is 18.5 Å². The summed E-state index contributed by atoms with van der Waals surface area (Å²) in [6.07, 6.45) is 3.02. The van der Waals surface area contributed by atoms with Gasteiger partial charge >= 0.3 is 0 Å². The number of ether oxygens (including phenoxy) is 1. The van der Waals surface area contributed by atoms with Gasteiger partial charge in [0, 0.05) is 12.8 Å². The second kappa shape index (κ2) is 5.27. The number of hydrogen-bond donors (Lipinski definition) is 2. The third-order valence-corrected chi connectivity index (χ3v) is 2.24. The summed E-state index contributed by atoms with van der Waals surface area (Å²) in [7, 11) is 1.67. The van der Waals surface area contributed by atoms with Gasteiger partial charge in [0.25, 0.3) is 0 Å². The van der Waals surface area contributed by atoms with Crippen LogP contribution in [0.1, 0.15) is 5.56 Å². The second-order valence-electron chi connectivity index (χ2n) is 3.59. The molecule has 0 spiro atoms. The van der Waals surface area contributed by atoms with E-state index in [1.54, 1.807) is 13.3 Å². The van der Waals surface area contributed by atoms with Crippen LogP contribution in [0.15, 0.2) is 36.8 Å². The largest absolute Gasteiger partial charge is 0.394 e. The zero-order chi connectivity index (χ0) is 12.1. The Morgan fingerprint density at radius 2 is 2.29 bits per heavy atom. The molecule has 1 aromatic carbocycles. The van der Waals surface area contributed by atoms with E-state index in [0.29, 0.717) is 18.1 Å². The molecule has 0 amide bonds. The fraction of sp³-hybridized carbons (Fsp3) is 0.167. The fourth-order valence-corrected chi connectivity index (χ4v) is 1.49. The zero-order valence-electron chi connectivity index (χ0n) is 9.55. The molecule has 0 saturated heterocycles.